The van der Waals surface area contributed by atoms with Crippen LogP contribution in [0.1, 0.15) is 56.1 Å². The Morgan fingerprint density at radius 2 is 1.68 bits per heavy atom. The number of aromatic nitrogens is 2. The van der Waals surface area contributed by atoms with Gasteiger partial charge in [0.05, 0.1) is 31.6 Å². The summed E-state index contributed by atoms with van der Waals surface area (Å²) in [6, 6.07) is 16.2. The highest BCUT2D eigenvalue weighted by atomic mass is 16.5. The lowest BCUT2D eigenvalue weighted by molar-refractivity contribution is -0.123. The number of carbonyl (C=O) groups excluding carboxylic acids is 2. The number of amides is 2. The van der Waals surface area contributed by atoms with Crippen molar-refractivity contribution in [3.63, 3.8) is 0 Å². The number of hydrogen-bond donors (Lipinski definition) is 3. The van der Waals surface area contributed by atoms with Crippen molar-refractivity contribution < 1.29 is 24.2 Å². The molecule has 2 aromatic carbocycles. The summed E-state index contributed by atoms with van der Waals surface area (Å²) in [5, 5.41) is 20.3. The van der Waals surface area contributed by atoms with Crippen molar-refractivity contribution in [2.45, 2.75) is 65.1 Å². The summed E-state index contributed by atoms with van der Waals surface area (Å²) in [5.41, 5.74) is 2.65. The molecule has 3 N–H and O–H groups in total. The molecule has 0 aliphatic carbocycles. The maximum Gasteiger partial charge on any atom is 0.272 e. The molecule has 0 fully saturated rings. The van der Waals surface area contributed by atoms with Crippen LogP contribution in [0, 0.1) is 5.92 Å². The third-order valence-corrected chi connectivity index (χ3v) is 7.05. The zero-order valence-corrected chi connectivity index (χ0v) is 24.1. The Kier molecular flexibility index (Phi) is 11.6. The molecular weight excluding hydrogens is 508 g/mol. The number of aryl methyl sites for hydroxylation is 1. The van der Waals surface area contributed by atoms with Crippen LogP contribution in [0.25, 0.3) is 11.3 Å². The van der Waals surface area contributed by atoms with Crippen LogP contribution in [0.4, 0.5) is 0 Å². The third-order valence-electron chi connectivity index (χ3n) is 7.05. The number of ether oxygens (including phenoxy) is 2. The molecule has 2 amide bonds. The maximum atomic E-state index is 13.5. The van der Waals surface area contributed by atoms with E-state index < -0.39 is 18.1 Å². The number of aliphatic hydroxyl groups excluding tert-OH is 1. The van der Waals surface area contributed by atoms with Gasteiger partial charge >= 0.3 is 0 Å². The number of nitrogens with one attached hydrogen (secondary N) is 2. The highest BCUT2D eigenvalue weighted by Crippen LogP contribution is 2.39. The summed E-state index contributed by atoms with van der Waals surface area (Å²) < 4.78 is 13.1. The van der Waals surface area contributed by atoms with E-state index in [0.29, 0.717) is 54.5 Å². The van der Waals surface area contributed by atoms with E-state index in [1.807, 2.05) is 55.5 Å². The fraction of sp³-hybridized carbons (Fsp3) is 0.452. The Balaban J connectivity index is 1.92. The molecule has 0 spiro atoms. The van der Waals surface area contributed by atoms with Crippen molar-refractivity contribution in [1.29, 1.82) is 0 Å². The minimum absolute atomic E-state index is 0.119. The number of carbonyl (C=O) groups is 2. The lowest BCUT2D eigenvalue weighted by Gasteiger charge is -2.19. The molecule has 216 valence electrons. The van der Waals surface area contributed by atoms with Crippen LogP contribution >= 0.6 is 0 Å². The van der Waals surface area contributed by atoms with Crippen LogP contribution < -0.4 is 20.1 Å². The first kappa shape index (κ1) is 30.7. The Morgan fingerprint density at radius 3 is 2.27 bits per heavy atom. The van der Waals surface area contributed by atoms with E-state index in [-0.39, 0.29) is 18.1 Å². The Morgan fingerprint density at radius 1 is 1.00 bits per heavy atom. The second-order valence-electron chi connectivity index (χ2n) is 10.0. The van der Waals surface area contributed by atoms with Gasteiger partial charge in [-0.05, 0) is 48.9 Å². The second kappa shape index (κ2) is 15.1. The predicted molar refractivity (Wildman–Crippen MR) is 156 cm³/mol. The minimum atomic E-state index is -0.805. The second-order valence-corrected chi connectivity index (χ2v) is 10.0. The minimum Gasteiger partial charge on any atom is -0.496 e. The molecule has 0 aliphatic rings. The van der Waals surface area contributed by atoms with Crippen LogP contribution in [0.2, 0.25) is 0 Å². The molecule has 3 atom stereocenters. The van der Waals surface area contributed by atoms with Crippen molar-refractivity contribution in [1.82, 2.24) is 20.4 Å². The normalized spacial score (nSPS) is 13.2. The van der Waals surface area contributed by atoms with Gasteiger partial charge in [0.1, 0.15) is 17.5 Å². The Bertz CT molecular complexity index is 1220. The maximum absolute atomic E-state index is 13.5. The molecule has 0 saturated heterocycles. The zero-order valence-electron chi connectivity index (χ0n) is 24.1. The summed E-state index contributed by atoms with van der Waals surface area (Å²) in [4.78, 5) is 26.6. The standard InChI is InChI=1S/C31H42N4O5/c1-6-21(3)20-35-26(29-27(39-4)14-11-15-28(29)40-5)18-25(34-35)31(38)33-24(30(37)32-19-23(36)7-2)17-16-22-12-9-8-10-13-22/h8-15,18,21,23-24,36H,6-7,16-17,19-20H2,1-5H3,(H,32,37)(H,33,38)/t21?,23?,24-/m0/s1. The molecule has 9 heteroatoms. The van der Waals surface area contributed by atoms with E-state index in [2.05, 4.69) is 29.6 Å². The van der Waals surface area contributed by atoms with Gasteiger partial charge in [0.2, 0.25) is 5.91 Å². The van der Waals surface area contributed by atoms with Crippen LogP contribution in [0.15, 0.2) is 54.6 Å². The quantitative estimate of drug-likeness (QED) is 0.261. The average Bonchev–Trinajstić information content (AvgIpc) is 3.40. The molecule has 40 heavy (non-hydrogen) atoms. The predicted octanol–water partition coefficient (Wildman–Crippen LogP) is 4.23. The molecule has 0 bridgehead atoms. The first-order valence-corrected chi connectivity index (χ1v) is 13.9. The van der Waals surface area contributed by atoms with E-state index >= 15 is 0 Å². The summed E-state index contributed by atoms with van der Waals surface area (Å²) >= 11 is 0. The van der Waals surface area contributed by atoms with Gasteiger partial charge in [0.15, 0.2) is 5.69 Å². The summed E-state index contributed by atoms with van der Waals surface area (Å²) in [5.74, 6) is 0.715. The molecule has 3 rings (SSSR count). The molecule has 9 nitrogen and oxygen atoms in total. The van der Waals surface area contributed by atoms with Gasteiger partial charge in [-0.15, -0.1) is 0 Å². The molecule has 3 aromatic rings. The fourth-order valence-electron chi connectivity index (χ4n) is 4.34. The van der Waals surface area contributed by atoms with E-state index in [0.717, 1.165) is 12.0 Å². The van der Waals surface area contributed by atoms with Gasteiger partial charge in [-0.2, -0.15) is 5.10 Å². The van der Waals surface area contributed by atoms with Crippen LogP contribution in [0.3, 0.4) is 0 Å². The zero-order chi connectivity index (χ0) is 29.1. The van der Waals surface area contributed by atoms with E-state index in [9.17, 15) is 14.7 Å². The number of rotatable bonds is 15. The molecule has 0 radical (unpaired) electrons. The largest absolute Gasteiger partial charge is 0.496 e. The lowest BCUT2D eigenvalue weighted by atomic mass is 10.0. The molecule has 0 aliphatic heterocycles. The summed E-state index contributed by atoms with van der Waals surface area (Å²) in [7, 11) is 3.18. The Hall–Kier alpha value is -3.85. The summed E-state index contributed by atoms with van der Waals surface area (Å²) in [6.45, 7) is 6.78. The van der Waals surface area contributed by atoms with Gasteiger partial charge in [0.25, 0.3) is 5.91 Å². The molecule has 1 aromatic heterocycles. The fourth-order valence-corrected chi connectivity index (χ4v) is 4.34. The van der Waals surface area contributed by atoms with Crippen LogP contribution in [-0.2, 0) is 17.8 Å². The van der Waals surface area contributed by atoms with Crippen molar-refractivity contribution in [2.75, 3.05) is 20.8 Å². The average molecular weight is 551 g/mol. The topological polar surface area (TPSA) is 115 Å². The van der Waals surface area contributed by atoms with Gasteiger partial charge < -0.3 is 25.2 Å². The number of methoxy groups -OCH3 is 2. The smallest absolute Gasteiger partial charge is 0.272 e. The van der Waals surface area contributed by atoms with Crippen molar-refractivity contribution in [3.05, 3.63) is 65.9 Å². The molecule has 2 unspecified atom stereocenters. The molecular formula is C31H42N4O5. The van der Waals surface area contributed by atoms with Gasteiger partial charge in [-0.25, -0.2) is 0 Å². The Labute approximate surface area is 236 Å². The number of nitrogens with zero attached hydrogens (tertiary/aromatic N) is 2. The van der Waals surface area contributed by atoms with Crippen molar-refractivity contribution in [2.24, 2.45) is 5.92 Å². The van der Waals surface area contributed by atoms with Gasteiger partial charge in [0, 0.05) is 13.1 Å². The number of aliphatic hydroxyl groups is 1. The lowest BCUT2D eigenvalue weighted by Crippen LogP contribution is -2.48. The first-order valence-electron chi connectivity index (χ1n) is 13.9. The van der Waals surface area contributed by atoms with Gasteiger partial charge in [-0.1, -0.05) is 63.6 Å². The molecule has 0 saturated carbocycles. The molecule has 1 heterocycles. The summed E-state index contributed by atoms with van der Waals surface area (Å²) in [6.07, 6.45) is 1.80. The third kappa shape index (κ3) is 8.08. The van der Waals surface area contributed by atoms with Crippen molar-refractivity contribution in [3.8, 4) is 22.8 Å². The van der Waals surface area contributed by atoms with E-state index in [1.54, 1.807) is 25.0 Å². The van der Waals surface area contributed by atoms with E-state index in [4.69, 9.17) is 9.47 Å². The van der Waals surface area contributed by atoms with Crippen LogP contribution in [0.5, 0.6) is 11.5 Å². The first-order chi connectivity index (χ1) is 19.3. The van der Waals surface area contributed by atoms with Crippen molar-refractivity contribution >= 4 is 11.8 Å². The monoisotopic (exact) mass is 550 g/mol. The van der Waals surface area contributed by atoms with E-state index in [1.165, 1.54) is 0 Å². The number of hydrogen-bond acceptors (Lipinski definition) is 6. The van der Waals surface area contributed by atoms with Gasteiger partial charge in [-0.3, -0.25) is 14.3 Å². The highest BCUT2D eigenvalue weighted by molar-refractivity contribution is 5.97. The van der Waals surface area contributed by atoms with Crippen LogP contribution in [-0.4, -0.2) is 59.6 Å². The highest BCUT2D eigenvalue weighted by Gasteiger charge is 2.26. The SMILES string of the molecule is CCC(C)Cn1nc(C(=O)N[C@@H](CCc2ccccc2)C(=O)NCC(O)CC)cc1-c1c(OC)cccc1OC. The number of benzene rings is 2.